The third-order valence-corrected chi connectivity index (χ3v) is 4.18. The van der Waals surface area contributed by atoms with Crippen LogP contribution in [0.3, 0.4) is 0 Å². The molecule has 0 saturated carbocycles. The van der Waals surface area contributed by atoms with Crippen molar-refractivity contribution in [2.24, 2.45) is 0 Å². The van der Waals surface area contributed by atoms with Crippen LogP contribution in [0.25, 0.3) is 0 Å². The van der Waals surface area contributed by atoms with Crippen LogP contribution >= 0.6 is 0 Å². The van der Waals surface area contributed by atoms with Gasteiger partial charge in [0.05, 0.1) is 0 Å². The fourth-order valence-electron chi connectivity index (χ4n) is 2.21. The molecule has 0 heterocycles. The lowest BCUT2D eigenvalue weighted by atomic mass is 10.2. The van der Waals surface area contributed by atoms with Crippen molar-refractivity contribution in [2.45, 2.75) is 11.3 Å². The minimum Gasteiger partial charge on any atom is -0.768 e. The number of anilines is 1. The number of benzene rings is 2. The van der Waals surface area contributed by atoms with E-state index in [1.807, 2.05) is 0 Å². The smallest absolute Gasteiger partial charge is 0.411 e. The minimum absolute atomic E-state index is 0.0608. The molecule has 2 aromatic rings. The highest BCUT2D eigenvalue weighted by atomic mass is 32.2. The summed E-state index contributed by atoms with van der Waals surface area (Å²) in [6, 6.07) is 10.5. The maximum absolute atomic E-state index is 12.8. The summed E-state index contributed by atoms with van der Waals surface area (Å²) in [6.45, 7) is 0.335. The first-order valence-corrected chi connectivity index (χ1v) is 8.69. The Morgan fingerprint density at radius 1 is 1.12 bits per heavy atom. The molecule has 0 radical (unpaired) electrons. The zero-order valence-corrected chi connectivity index (χ0v) is 14.4. The number of hydrogen-bond donors (Lipinski definition) is 2. The molecule has 9 heteroatoms. The first kappa shape index (κ1) is 19.5. The van der Waals surface area contributed by atoms with Gasteiger partial charge in [0, 0.05) is 29.2 Å². The van der Waals surface area contributed by atoms with Crippen LogP contribution in [0, 0.1) is 5.82 Å². The Labute approximate surface area is 151 Å². The number of hydrogen-bond acceptors (Lipinski definition) is 4. The standard InChI is InChI=1S/C17H17FN2O5S/c18-13-4-2-12(3-5-13)16(21)19-10-1-11-20(17(22)23)14-6-8-15(9-7-14)26(24)25/h2-9H,1,10-11H2,(H,19,21)(H,22,23)(H,24,25)/p-1. The van der Waals surface area contributed by atoms with Crippen LogP contribution in [0.5, 0.6) is 0 Å². The molecule has 2 rings (SSSR count). The molecule has 138 valence electrons. The summed E-state index contributed by atoms with van der Waals surface area (Å²) >= 11 is -2.38. The van der Waals surface area contributed by atoms with Crippen molar-refractivity contribution in [2.75, 3.05) is 18.0 Å². The van der Waals surface area contributed by atoms with E-state index < -0.39 is 23.0 Å². The fraction of sp³-hybridized carbons (Fsp3) is 0.176. The molecule has 1 unspecified atom stereocenters. The third-order valence-electron chi connectivity index (χ3n) is 3.52. The topological polar surface area (TPSA) is 110 Å². The summed E-state index contributed by atoms with van der Waals surface area (Å²) in [7, 11) is 0. The molecular weight excluding hydrogens is 363 g/mol. The Bertz CT molecular complexity index is 796. The number of nitrogens with zero attached hydrogens (tertiary/aromatic N) is 1. The first-order chi connectivity index (χ1) is 12.4. The Morgan fingerprint density at radius 3 is 2.27 bits per heavy atom. The van der Waals surface area contributed by atoms with Crippen molar-refractivity contribution in [1.29, 1.82) is 0 Å². The number of carboxylic acid groups (broad SMARTS) is 1. The van der Waals surface area contributed by atoms with Crippen molar-refractivity contribution in [3.05, 3.63) is 59.9 Å². The van der Waals surface area contributed by atoms with Gasteiger partial charge < -0.3 is 15.0 Å². The molecule has 2 N–H and O–H groups in total. The molecule has 2 amide bonds. The van der Waals surface area contributed by atoms with Crippen molar-refractivity contribution < 1.29 is 27.8 Å². The van der Waals surface area contributed by atoms with Crippen LogP contribution < -0.4 is 10.2 Å². The van der Waals surface area contributed by atoms with Crippen molar-refractivity contribution >= 4 is 28.8 Å². The SMILES string of the molecule is O=C(NCCCN(C(=O)O)c1ccc(S(=O)[O-])cc1)c1ccc(F)cc1. The number of carbonyl (C=O) groups is 2. The summed E-state index contributed by atoms with van der Waals surface area (Å²) < 4.78 is 34.5. The van der Waals surface area contributed by atoms with Gasteiger partial charge in [-0.3, -0.25) is 13.9 Å². The van der Waals surface area contributed by atoms with E-state index in [1.165, 1.54) is 48.5 Å². The molecule has 0 spiro atoms. The molecular formula is C17H16FN2O5S-. The van der Waals surface area contributed by atoms with E-state index in [-0.39, 0.29) is 23.9 Å². The van der Waals surface area contributed by atoms with E-state index in [0.717, 1.165) is 4.90 Å². The second-order valence-corrected chi connectivity index (χ2v) is 6.22. The van der Waals surface area contributed by atoms with E-state index in [2.05, 4.69) is 5.32 Å². The maximum Gasteiger partial charge on any atom is 0.411 e. The van der Waals surface area contributed by atoms with Crippen molar-refractivity contribution in [3.8, 4) is 0 Å². The Morgan fingerprint density at radius 2 is 1.73 bits per heavy atom. The molecule has 26 heavy (non-hydrogen) atoms. The molecule has 0 fully saturated rings. The van der Waals surface area contributed by atoms with Gasteiger partial charge in [0.1, 0.15) is 5.82 Å². The number of halogens is 1. The number of nitrogens with one attached hydrogen (secondary N) is 1. The summed E-state index contributed by atoms with van der Waals surface area (Å²) in [5.74, 6) is -0.820. The average Bonchev–Trinajstić information content (AvgIpc) is 2.62. The highest BCUT2D eigenvalue weighted by molar-refractivity contribution is 7.79. The fourth-order valence-corrected chi connectivity index (χ4v) is 2.57. The lowest BCUT2D eigenvalue weighted by Crippen LogP contribution is -2.33. The molecule has 0 bridgehead atoms. The lowest BCUT2D eigenvalue weighted by Gasteiger charge is -2.20. The van der Waals surface area contributed by atoms with Gasteiger partial charge in [-0.15, -0.1) is 0 Å². The summed E-state index contributed by atoms with van der Waals surface area (Å²) in [5.41, 5.74) is 0.638. The van der Waals surface area contributed by atoms with Crippen molar-refractivity contribution in [3.63, 3.8) is 0 Å². The van der Waals surface area contributed by atoms with Crippen LogP contribution in [-0.2, 0) is 11.1 Å². The molecule has 2 aromatic carbocycles. The van der Waals surface area contributed by atoms with Crippen LogP contribution in [0.4, 0.5) is 14.9 Å². The maximum atomic E-state index is 12.8. The van der Waals surface area contributed by atoms with Crippen LogP contribution in [0.15, 0.2) is 53.4 Å². The molecule has 0 aliphatic heterocycles. The van der Waals surface area contributed by atoms with Gasteiger partial charge in [0.15, 0.2) is 0 Å². The zero-order valence-electron chi connectivity index (χ0n) is 13.6. The predicted octanol–water partition coefficient (Wildman–Crippen LogP) is 2.37. The van der Waals surface area contributed by atoms with Gasteiger partial charge in [-0.2, -0.15) is 0 Å². The molecule has 0 saturated heterocycles. The number of amides is 2. The van der Waals surface area contributed by atoms with Crippen LogP contribution in [0.2, 0.25) is 0 Å². The molecule has 0 aliphatic carbocycles. The summed E-state index contributed by atoms with van der Waals surface area (Å²) in [6.07, 6.45) is -0.847. The van der Waals surface area contributed by atoms with Gasteiger partial charge in [0.2, 0.25) is 0 Å². The summed E-state index contributed by atoms with van der Waals surface area (Å²) in [5, 5.41) is 11.9. The van der Waals surface area contributed by atoms with E-state index in [1.54, 1.807) is 0 Å². The van der Waals surface area contributed by atoms with Crippen LogP contribution in [-0.4, -0.2) is 39.0 Å². The minimum atomic E-state index is -2.38. The highest BCUT2D eigenvalue weighted by Gasteiger charge is 2.14. The quantitative estimate of drug-likeness (QED) is 0.567. The van der Waals surface area contributed by atoms with Gasteiger partial charge in [-0.1, -0.05) is 0 Å². The second kappa shape index (κ2) is 9.07. The molecule has 0 aromatic heterocycles. The van der Waals surface area contributed by atoms with E-state index in [9.17, 15) is 27.8 Å². The van der Waals surface area contributed by atoms with E-state index >= 15 is 0 Å². The van der Waals surface area contributed by atoms with E-state index in [4.69, 9.17) is 0 Å². The normalized spacial score (nSPS) is 11.6. The summed E-state index contributed by atoms with van der Waals surface area (Å²) in [4.78, 5) is 24.4. The predicted molar refractivity (Wildman–Crippen MR) is 92.3 cm³/mol. The van der Waals surface area contributed by atoms with Crippen LogP contribution in [0.1, 0.15) is 16.8 Å². The van der Waals surface area contributed by atoms with Gasteiger partial charge in [0.25, 0.3) is 5.91 Å². The Hall–Kier alpha value is -2.78. The lowest BCUT2D eigenvalue weighted by molar-refractivity contribution is 0.0953. The molecule has 0 aliphatic rings. The second-order valence-electron chi connectivity index (χ2n) is 5.28. The third kappa shape index (κ3) is 5.36. The number of rotatable bonds is 7. The van der Waals surface area contributed by atoms with Gasteiger partial charge >= 0.3 is 6.09 Å². The average molecular weight is 379 g/mol. The monoisotopic (exact) mass is 379 g/mol. The zero-order chi connectivity index (χ0) is 19.1. The van der Waals surface area contributed by atoms with Gasteiger partial charge in [-0.25, -0.2) is 9.18 Å². The first-order valence-electron chi connectivity index (χ1n) is 7.62. The largest absolute Gasteiger partial charge is 0.768 e. The van der Waals surface area contributed by atoms with Crippen molar-refractivity contribution in [1.82, 2.24) is 5.32 Å². The van der Waals surface area contributed by atoms with Gasteiger partial charge in [-0.05, 0) is 66.0 Å². The highest BCUT2D eigenvalue weighted by Crippen LogP contribution is 2.17. The molecule has 7 nitrogen and oxygen atoms in total. The Balaban J connectivity index is 1.88. The number of carbonyl (C=O) groups excluding carboxylic acids is 1. The van der Waals surface area contributed by atoms with E-state index in [0.29, 0.717) is 17.7 Å². The molecule has 1 atom stereocenters. The Kier molecular flexibility index (Phi) is 6.81.